The first-order chi connectivity index (χ1) is 33.8. The van der Waals surface area contributed by atoms with E-state index in [-0.39, 0.29) is 80.4 Å². The fourth-order valence-electron chi connectivity index (χ4n) is 10.5. The van der Waals surface area contributed by atoms with Crippen LogP contribution in [0.3, 0.4) is 0 Å². The highest BCUT2D eigenvalue weighted by Crippen LogP contribution is 2.53. The molecule has 4 aromatic carbocycles. The van der Waals surface area contributed by atoms with Crippen LogP contribution in [-0.4, -0.2) is 47.0 Å². The molecule has 12 heteroatoms. The Labute approximate surface area is 411 Å². The second kappa shape index (κ2) is 25.9. The molecule has 0 saturated heterocycles. The molecule has 4 fully saturated rings. The smallest absolute Gasteiger partial charge is 0.387 e. The van der Waals surface area contributed by atoms with E-state index < -0.39 is 35.4 Å². The summed E-state index contributed by atoms with van der Waals surface area (Å²) in [7, 11) is 0. The van der Waals surface area contributed by atoms with E-state index in [1.165, 1.54) is 109 Å². The number of esters is 2. The number of Topliss-reactive ketones (excluding diaryl/α,β-unsaturated/α-hetero) is 2. The Kier molecular flexibility index (Phi) is 19.5. The van der Waals surface area contributed by atoms with Crippen molar-refractivity contribution in [2.24, 2.45) is 23.7 Å². The third-order valence-corrected chi connectivity index (χ3v) is 13.6. The quantitative estimate of drug-likeness (QED) is 0.0182. The molecule has 0 aliphatic heterocycles. The third-order valence-electron chi connectivity index (χ3n) is 13.6. The van der Waals surface area contributed by atoms with Gasteiger partial charge in [-0.1, -0.05) is 102 Å². The topological polar surface area (TPSA) is 173 Å². The maximum Gasteiger partial charge on any atom is 0.387 e. The molecule has 4 aliphatic rings. The maximum atomic E-state index is 14.0. The normalized spacial score (nSPS) is 17.4. The number of ether oxygens (including phenoxy) is 2. The second-order valence-electron chi connectivity index (χ2n) is 19.2. The molecule has 8 rings (SSSR count). The SMILES string of the molecule is C1C2CC3CC1CC(C2)C3.CCCCCCCC(=O)c1ccc(OC(C)=O)c(C(=O)c2ccccc2C(=O)OOC(=O)c2ccccc2C(=O)c2cc(C(=O)CCCCCCC)ccc2OC(C)=O)c1. The highest BCUT2D eigenvalue weighted by atomic mass is 17.2. The van der Waals surface area contributed by atoms with Crippen molar-refractivity contribution >= 4 is 47.0 Å². The van der Waals surface area contributed by atoms with Gasteiger partial charge in [-0.05, 0) is 124 Å². The van der Waals surface area contributed by atoms with Crippen LogP contribution in [0.25, 0.3) is 0 Å². The Hall–Kier alpha value is -6.56. The minimum Gasteiger partial charge on any atom is -0.426 e. The lowest BCUT2D eigenvalue weighted by molar-refractivity contribution is -0.187. The van der Waals surface area contributed by atoms with Crippen LogP contribution in [-0.2, 0) is 19.4 Å². The molecule has 70 heavy (non-hydrogen) atoms. The summed E-state index contributed by atoms with van der Waals surface area (Å²) in [6, 6.07) is 19.3. The second-order valence-corrected chi connectivity index (χ2v) is 19.2. The molecule has 0 N–H and O–H groups in total. The minimum absolute atomic E-state index is 0.128. The van der Waals surface area contributed by atoms with Crippen molar-refractivity contribution in [2.45, 2.75) is 143 Å². The summed E-state index contributed by atoms with van der Waals surface area (Å²) >= 11 is 0. The van der Waals surface area contributed by atoms with Crippen LogP contribution in [0.4, 0.5) is 0 Å². The Bertz CT molecular complexity index is 2340. The van der Waals surface area contributed by atoms with Crippen LogP contribution >= 0.6 is 0 Å². The van der Waals surface area contributed by atoms with Crippen molar-refractivity contribution in [3.8, 4) is 11.5 Å². The predicted octanol–water partition coefficient (Wildman–Crippen LogP) is 12.8. The average molecular weight is 955 g/mol. The van der Waals surface area contributed by atoms with Gasteiger partial charge in [-0.25, -0.2) is 19.4 Å². The van der Waals surface area contributed by atoms with Crippen molar-refractivity contribution in [3.05, 3.63) is 129 Å². The Morgan fingerprint density at radius 2 is 0.743 bits per heavy atom. The third kappa shape index (κ3) is 14.5. The van der Waals surface area contributed by atoms with Crippen molar-refractivity contribution in [2.75, 3.05) is 0 Å². The summed E-state index contributed by atoms with van der Waals surface area (Å²) in [6.07, 6.45) is 19.5. The Morgan fingerprint density at radius 3 is 1.07 bits per heavy atom. The zero-order valence-corrected chi connectivity index (χ0v) is 41.0. The van der Waals surface area contributed by atoms with Gasteiger partial charge >= 0.3 is 23.9 Å². The summed E-state index contributed by atoms with van der Waals surface area (Å²) in [4.78, 5) is 115. The predicted molar refractivity (Wildman–Crippen MR) is 263 cm³/mol. The van der Waals surface area contributed by atoms with Gasteiger partial charge in [-0.2, -0.15) is 0 Å². The largest absolute Gasteiger partial charge is 0.426 e. The molecule has 4 aromatic rings. The Morgan fingerprint density at radius 1 is 0.414 bits per heavy atom. The summed E-state index contributed by atoms with van der Waals surface area (Å²) < 4.78 is 10.6. The van der Waals surface area contributed by atoms with Gasteiger partial charge in [0.25, 0.3) is 0 Å². The monoisotopic (exact) mass is 954 g/mol. The lowest BCUT2D eigenvalue weighted by Crippen LogP contribution is -2.38. The van der Waals surface area contributed by atoms with E-state index in [2.05, 4.69) is 13.8 Å². The molecule has 4 saturated carbocycles. The van der Waals surface area contributed by atoms with E-state index >= 15 is 0 Å². The number of rotatable bonds is 22. The van der Waals surface area contributed by atoms with E-state index in [1.807, 2.05) is 0 Å². The molecular formula is C58H66O12. The van der Waals surface area contributed by atoms with Gasteiger partial charge in [0.1, 0.15) is 11.5 Å². The summed E-state index contributed by atoms with van der Waals surface area (Å²) in [5.74, 6) is -1.43. The molecule has 0 radical (unpaired) electrons. The molecule has 0 atom stereocenters. The molecule has 0 unspecified atom stereocenters. The minimum atomic E-state index is -1.25. The van der Waals surface area contributed by atoms with E-state index in [0.717, 1.165) is 65.2 Å². The molecule has 4 aliphatic carbocycles. The maximum absolute atomic E-state index is 14.0. The molecular weight excluding hydrogens is 889 g/mol. The molecule has 0 amide bonds. The highest BCUT2D eigenvalue weighted by molar-refractivity contribution is 6.18. The standard InChI is InChI=1S/C48H50O12.C10H16/c1-5-7-9-11-13-23-41(51)33-25-27-43(57-31(3)49)39(29-33)45(53)35-19-15-17-21-37(35)47(55)59-60-48(56)38-22-18-16-20-36(38)46(54)40-30-34(26-28-44(40)58-32(4)50)42(52)24-14-12-10-8-6-2;1-7-2-9-4-8(1)5-10(3-7)6-9/h15-22,25-30H,5-14,23-24H2,1-4H3;7-10H,1-6H2. The van der Waals surface area contributed by atoms with Gasteiger partial charge in [0, 0.05) is 48.9 Å². The lowest BCUT2D eigenvalue weighted by atomic mass is 9.56. The van der Waals surface area contributed by atoms with Crippen LogP contribution in [0.2, 0.25) is 0 Å². The number of carbonyl (C=O) groups excluding carboxylic acids is 8. The summed E-state index contributed by atoms with van der Waals surface area (Å²) in [5, 5.41) is 0. The molecule has 370 valence electrons. The van der Waals surface area contributed by atoms with Crippen LogP contribution < -0.4 is 9.47 Å². The number of benzene rings is 4. The number of hydrogen-bond acceptors (Lipinski definition) is 12. The van der Waals surface area contributed by atoms with E-state index in [4.69, 9.17) is 19.2 Å². The van der Waals surface area contributed by atoms with Gasteiger partial charge in [0.05, 0.1) is 22.3 Å². The fraction of sp³-hybridized carbons (Fsp3) is 0.448. The number of carbonyl (C=O) groups is 8. The van der Waals surface area contributed by atoms with E-state index in [0.29, 0.717) is 12.8 Å². The summed E-state index contributed by atoms with van der Waals surface area (Å²) in [5.41, 5.74) is -0.917. The average Bonchev–Trinajstić information content (AvgIpc) is 3.34. The zero-order valence-electron chi connectivity index (χ0n) is 41.0. The van der Waals surface area contributed by atoms with Gasteiger partial charge < -0.3 is 9.47 Å². The first-order valence-electron chi connectivity index (χ1n) is 25.2. The van der Waals surface area contributed by atoms with Crippen LogP contribution in [0.15, 0.2) is 84.9 Å². The Balaban J connectivity index is 0.000000696. The molecule has 0 spiro atoms. The molecule has 0 aromatic heterocycles. The fourth-order valence-corrected chi connectivity index (χ4v) is 10.5. The zero-order chi connectivity index (χ0) is 50.2. The lowest BCUT2D eigenvalue weighted by Gasteiger charge is -2.49. The summed E-state index contributed by atoms with van der Waals surface area (Å²) in [6.45, 7) is 6.50. The molecule has 0 heterocycles. The van der Waals surface area contributed by atoms with Gasteiger partial charge in [0.15, 0.2) is 23.1 Å². The van der Waals surface area contributed by atoms with Crippen LogP contribution in [0.1, 0.15) is 217 Å². The van der Waals surface area contributed by atoms with Gasteiger partial charge in [-0.15, -0.1) is 0 Å². The van der Waals surface area contributed by atoms with Gasteiger partial charge in [-0.3, -0.25) is 28.8 Å². The van der Waals surface area contributed by atoms with Crippen molar-refractivity contribution in [1.82, 2.24) is 0 Å². The van der Waals surface area contributed by atoms with Crippen molar-refractivity contribution < 1.29 is 57.6 Å². The van der Waals surface area contributed by atoms with Crippen molar-refractivity contribution in [1.29, 1.82) is 0 Å². The van der Waals surface area contributed by atoms with Gasteiger partial charge in [0.2, 0.25) is 0 Å². The first-order valence-corrected chi connectivity index (χ1v) is 25.2. The van der Waals surface area contributed by atoms with Crippen LogP contribution in [0.5, 0.6) is 11.5 Å². The molecule has 4 bridgehead atoms. The van der Waals surface area contributed by atoms with E-state index in [1.54, 1.807) is 38.5 Å². The number of hydrogen-bond donors (Lipinski definition) is 0. The molecule has 12 nitrogen and oxygen atoms in total. The number of unbranched alkanes of at least 4 members (excludes halogenated alkanes) is 8. The van der Waals surface area contributed by atoms with E-state index in [9.17, 15) is 38.4 Å². The highest BCUT2D eigenvalue weighted by Gasteiger charge is 2.41. The van der Waals surface area contributed by atoms with Crippen LogP contribution in [0, 0.1) is 23.7 Å². The number of ketones is 4. The first kappa shape index (κ1) is 52.8. The van der Waals surface area contributed by atoms with Crippen molar-refractivity contribution in [3.63, 3.8) is 0 Å².